The molecule has 0 fully saturated rings. The van der Waals surface area contributed by atoms with Gasteiger partial charge in [0, 0.05) is 13.0 Å². The quantitative estimate of drug-likeness (QED) is 0.724. The molecule has 0 saturated carbocycles. The zero-order valence-electron chi connectivity index (χ0n) is 11.8. The first-order valence-electron chi connectivity index (χ1n) is 6.66. The fraction of sp³-hybridized carbons (Fsp3) is 0.500. The molecular weight excluding hydrogens is 285 g/mol. The van der Waals surface area contributed by atoms with Gasteiger partial charge in [0.05, 0.1) is 0 Å². The van der Waals surface area contributed by atoms with Crippen LogP contribution in [0.1, 0.15) is 18.4 Å². The first kappa shape index (κ1) is 17.3. The van der Waals surface area contributed by atoms with Crippen molar-refractivity contribution in [3.63, 3.8) is 0 Å². The van der Waals surface area contributed by atoms with Gasteiger partial charge in [-0.3, -0.25) is 4.79 Å². The second-order valence-electron chi connectivity index (χ2n) is 4.50. The minimum Gasteiger partial charge on any atom is -0.406 e. The van der Waals surface area contributed by atoms with Crippen molar-refractivity contribution >= 4 is 5.91 Å². The minimum atomic E-state index is -4.68. The Hall–Kier alpha value is -1.76. The Morgan fingerprint density at radius 3 is 2.43 bits per heavy atom. The smallest absolute Gasteiger partial charge is 0.406 e. The van der Waals surface area contributed by atoms with E-state index in [1.54, 1.807) is 12.1 Å². The second-order valence-corrected chi connectivity index (χ2v) is 4.50. The molecule has 0 saturated heterocycles. The van der Waals surface area contributed by atoms with E-state index in [4.69, 9.17) is 0 Å². The van der Waals surface area contributed by atoms with Gasteiger partial charge >= 0.3 is 6.36 Å². The van der Waals surface area contributed by atoms with Crippen molar-refractivity contribution in [1.29, 1.82) is 0 Å². The van der Waals surface area contributed by atoms with E-state index in [9.17, 15) is 18.0 Å². The molecular formula is C14H19F3N2O2. The standard InChI is InChI=1S/C14H19F3N2O2/c1-18-9-2-3-13(20)19-10-8-11-4-6-12(7-5-11)21-14(15,16)17/h4-7,18H,2-3,8-10H2,1H3,(H,19,20). The molecule has 0 heterocycles. The van der Waals surface area contributed by atoms with Gasteiger partial charge in [-0.1, -0.05) is 12.1 Å². The van der Waals surface area contributed by atoms with E-state index in [0.717, 1.165) is 18.5 Å². The molecule has 4 nitrogen and oxygen atoms in total. The van der Waals surface area contributed by atoms with E-state index in [2.05, 4.69) is 15.4 Å². The summed E-state index contributed by atoms with van der Waals surface area (Å²) in [5.74, 6) is -0.273. The Bertz CT molecular complexity index is 433. The van der Waals surface area contributed by atoms with Gasteiger partial charge in [-0.25, -0.2) is 0 Å². The minimum absolute atomic E-state index is 0.0257. The third kappa shape index (κ3) is 8.19. The maximum atomic E-state index is 12.0. The molecule has 0 aliphatic carbocycles. The summed E-state index contributed by atoms with van der Waals surface area (Å²) < 4.78 is 39.7. The van der Waals surface area contributed by atoms with Gasteiger partial charge in [0.2, 0.25) is 5.91 Å². The lowest BCUT2D eigenvalue weighted by Crippen LogP contribution is -2.26. The molecule has 118 valence electrons. The highest BCUT2D eigenvalue weighted by molar-refractivity contribution is 5.75. The summed E-state index contributed by atoms with van der Waals surface area (Å²) >= 11 is 0. The first-order valence-corrected chi connectivity index (χ1v) is 6.66. The molecule has 7 heteroatoms. The second kappa shape index (κ2) is 8.51. The van der Waals surface area contributed by atoms with E-state index in [1.165, 1.54) is 12.1 Å². The van der Waals surface area contributed by atoms with Gasteiger partial charge in [0.1, 0.15) is 5.75 Å². The zero-order chi connectivity index (χ0) is 15.7. The average Bonchev–Trinajstić information content (AvgIpc) is 2.39. The van der Waals surface area contributed by atoms with Crippen LogP contribution in [0.25, 0.3) is 0 Å². The van der Waals surface area contributed by atoms with Crippen molar-refractivity contribution in [3.8, 4) is 5.75 Å². The maximum Gasteiger partial charge on any atom is 0.573 e. The van der Waals surface area contributed by atoms with E-state index < -0.39 is 6.36 Å². The fourth-order valence-corrected chi connectivity index (χ4v) is 1.72. The number of benzene rings is 1. The fourth-order valence-electron chi connectivity index (χ4n) is 1.72. The van der Waals surface area contributed by atoms with Crippen molar-refractivity contribution in [1.82, 2.24) is 10.6 Å². The van der Waals surface area contributed by atoms with Crippen LogP contribution in [0.2, 0.25) is 0 Å². The molecule has 1 aromatic rings. The highest BCUT2D eigenvalue weighted by atomic mass is 19.4. The van der Waals surface area contributed by atoms with Crippen LogP contribution in [0, 0.1) is 0 Å². The van der Waals surface area contributed by atoms with Crippen LogP contribution in [0.3, 0.4) is 0 Å². The largest absolute Gasteiger partial charge is 0.573 e. The summed E-state index contributed by atoms with van der Waals surface area (Å²) in [5.41, 5.74) is 0.833. The Morgan fingerprint density at radius 1 is 1.19 bits per heavy atom. The van der Waals surface area contributed by atoms with E-state index in [1.807, 2.05) is 7.05 Å². The molecule has 21 heavy (non-hydrogen) atoms. The molecule has 0 aromatic heterocycles. The van der Waals surface area contributed by atoms with Gasteiger partial charge in [-0.15, -0.1) is 13.2 Å². The molecule has 2 N–H and O–H groups in total. The highest BCUT2D eigenvalue weighted by Gasteiger charge is 2.30. The van der Waals surface area contributed by atoms with Crippen LogP contribution in [-0.4, -0.2) is 32.4 Å². The molecule has 0 radical (unpaired) electrons. The van der Waals surface area contributed by atoms with Gasteiger partial charge in [-0.05, 0) is 44.1 Å². The SMILES string of the molecule is CNCCCC(=O)NCCc1ccc(OC(F)(F)F)cc1. The number of nitrogens with one attached hydrogen (secondary N) is 2. The number of alkyl halides is 3. The maximum absolute atomic E-state index is 12.0. The topological polar surface area (TPSA) is 50.4 Å². The van der Waals surface area contributed by atoms with E-state index in [0.29, 0.717) is 19.4 Å². The van der Waals surface area contributed by atoms with Gasteiger partial charge < -0.3 is 15.4 Å². The van der Waals surface area contributed by atoms with Crippen LogP contribution in [-0.2, 0) is 11.2 Å². The summed E-state index contributed by atoms with van der Waals surface area (Å²) in [6.45, 7) is 1.24. The molecule has 1 rings (SSSR count). The van der Waals surface area contributed by atoms with Crippen molar-refractivity contribution < 1.29 is 22.7 Å². The van der Waals surface area contributed by atoms with Crippen molar-refractivity contribution in [3.05, 3.63) is 29.8 Å². The van der Waals surface area contributed by atoms with Gasteiger partial charge in [0.25, 0.3) is 0 Å². The molecule has 0 unspecified atom stereocenters. The Labute approximate surface area is 121 Å². The Kier molecular flexibility index (Phi) is 7.01. The monoisotopic (exact) mass is 304 g/mol. The Morgan fingerprint density at radius 2 is 1.86 bits per heavy atom. The van der Waals surface area contributed by atoms with Gasteiger partial charge in [0.15, 0.2) is 0 Å². The van der Waals surface area contributed by atoms with Crippen molar-refractivity contribution in [2.75, 3.05) is 20.1 Å². The highest BCUT2D eigenvalue weighted by Crippen LogP contribution is 2.22. The predicted octanol–water partition coefficient (Wildman–Crippen LogP) is 2.24. The number of carbonyl (C=O) groups excluding carboxylic acids is 1. The first-order chi connectivity index (χ1) is 9.90. The van der Waals surface area contributed by atoms with E-state index >= 15 is 0 Å². The molecule has 0 bridgehead atoms. The lowest BCUT2D eigenvalue weighted by molar-refractivity contribution is -0.274. The van der Waals surface area contributed by atoms with Crippen molar-refractivity contribution in [2.45, 2.75) is 25.6 Å². The normalized spacial score (nSPS) is 11.2. The molecule has 0 atom stereocenters. The summed E-state index contributed by atoms with van der Waals surface area (Å²) in [6, 6.07) is 5.62. The van der Waals surface area contributed by atoms with Crippen LogP contribution in [0.15, 0.2) is 24.3 Å². The summed E-state index contributed by atoms with van der Waals surface area (Å²) in [6.07, 6.45) is -2.89. The molecule has 0 spiro atoms. The summed E-state index contributed by atoms with van der Waals surface area (Å²) in [4.78, 5) is 11.4. The molecule has 0 aliphatic rings. The van der Waals surface area contributed by atoms with Crippen LogP contribution in [0.5, 0.6) is 5.75 Å². The number of ether oxygens (including phenoxy) is 1. The third-order valence-corrected chi connectivity index (χ3v) is 2.72. The number of halogens is 3. The molecule has 1 aromatic carbocycles. The zero-order valence-corrected chi connectivity index (χ0v) is 11.8. The number of rotatable bonds is 8. The van der Waals surface area contributed by atoms with Crippen LogP contribution >= 0.6 is 0 Å². The van der Waals surface area contributed by atoms with Gasteiger partial charge in [-0.2, -0.15) is 0 Å². The lowest BCUT2D eigenvalue weighted by atomic mass is 10.1. The summed E-state index contributed by atoms with van der Waals surface area (Å²) in [5, 5.41) is 5.72. The van der Waals surface area contributed by atoms with Crippen LogP contribution < -0.4 is 15.4 Å². The number of amides is 1. The van der Waals surface area contributed by atoms with Crippen molar-refractivity contribution in [2.24, 2.45) is 0 Å². The molecule has 0 aliphatic heterocycles. The number of carbonyl (C=O) groups is 1. The number of hydrogen-bond donors (Lipinski definition) is 2. The average molecular weight is 304 g/mol. The number of hydrogen-bond acceptors (Lipinski definition) is 3. The van der Waals surface area contributed by atoms with Crippen LogP contribution in [0.4, 0.5) is 13.2 Å². The Balaban J connectivity index is 2.28. The molecule has 1 amide bonds. The summed E-state index contributed by atoms with van der Waals surface area (Å²) in [7, 11) is 1.82. The lowest BCUT2D eigenvalue weighted by Gasteiger charge is -2.09. The third-order valence-electron chi connectivity index (χ3n) is 2.72. The van der Waals surface area contributed by atoms with E-state index in [-0.39, 0.29) is 11.7 Å². The predicted molar refractivity (Wildman–Crippen MR) is 73.0 cm³/mol.